The van der Waals surface area contributed by atoms with Crippen LogP contribution >= 0.6 is 0 Å². The van der Waals surface area contributed by atoms with E-state index in [9.17, 15) is 0 Å². The van der Waals surface area contributed by atoms with Crippen molar-refractivity contribution < 1.29 is 0 Å². The quantitative estimate of drug-likeness (QED) is 0.351. The number of nitrogens with zero attached hydrogens (tertiary/aromatic N) is 10. The fourth-order valence-electron chi connectivity index (χ4n) is 3.18. The molecule has 4 aromatic heterocycles. The summed E-state index contributed by atoms with van der Waals surface area (Å²) >= 11 is 0. The van der Waals surface area contributed by atoms with Gasteiger partial charge in [0.25, 0.3) is 11.6 Å². The Hall–Kier alpha value is -4.72. The molecule has 0 radical (unpaired) electrons. The largest absolute Gasteiger partial charge is 0.257 e. The minimum atomic E-state index is 0.250. The monoisotopic (exact) mass is 409 g/mol. The first-order valence-electron chi connectivity index (χ1n) is 9.32. The van der Waals surface area contributed by atoms with Crippen molar-refractivity contribution in [2.45, 2.75) is 13.8 Å². The van der Waals surface area contributed by atoms with Crippen LogP contribution in [0.2, 0.25) is 0 Å². The first kappa shape index (κ1) is 18.3. The second kappa shape index (κ2) is 7.27. The van der Waals surface area contributed by atoms with Crippen molar-refractivity contribution in [3.05, 3.63) is 71.6 Å². The number of H-pyrrole nitrogens is 1. The van der Waals surface area contributed by atoms with Gasteiger partial charge in [0.1, 0.15) is 0 Å². The number of aryl methyl sites for hydroxylation is 2. The molecule has 0 aliphatic heterocycles. The van der Waals surface area contributed by atoms with Crippen LogP contribution in [-0.4, -0.2) is 39.6 Å². The molecule has 0 amide bonds. The molecule has 11 heteroatoms. The van der Waals surface area contributed by atoms with Crippen molar-refractivity contribution in [1.29, 1.82) is 0 Å². The van der Waals surface area contributed by atoms with E-state index in [1.54, 1.807) is 29.9 Å². The van der Waals surface area contributed by atoms with Crippen molar-refractivity contribution in [3.8, 4) is 17.3 Å². The van der Waals surface area contributed by atoms with E-state index in [1.807, 2.05) is 37.3 Å². The summed E-state index contributed by atoms with van der Waals surface area (Å²) in [5.74, 6) is 1.22. The summed E-state index contributed by atoms with van der Waals surface area (Å²) < 4.78 is 3.10. The van der Waals surface area contributed by atoms with Crippen molar-refractivity contribution in [2.75, 3.05) is 0 Å². The van der Waals surface area contributed by atoms with Crippen LogP contribution in [0.25, 0.3) is 27.8 Å². The van der Waals surface area contributed by atoms with Gasteiger partial charge in [0, 0.05) is 18.0 Å². The normalized spacial score (nSPS) is 11.4. The van der Waals surface area contributed by atoms with Crippen LogP contribution < -0.4 is 0 Å². The zero-order chi connectivity index (χ0) is 21.4. The highest BCUT2D eigenvalue weighted by Gasteiger charge is 2.20. The molecule has 0 unspecified atom stereocenters. The maximum Gasteiger partial charge on any atom is 0.255 e. The molecule has 0 atom stereocenters. The number of aromatic nitrogens is 8. The van der Waals surface area contributed by atoms with Gasteiger partial charge in [0.2, 0.25) is 0 Å². The number of benzene rings is 1. The van der Waals surface area contributed by atoms with Crippen LogP contribution in [0.3, 0.4) is 0 Å². The lowest BCUT2D eigenvalue weighted by molar-refractivity contribution is 0.793. The van der Waals surface area contributed by atoms with Crippen LogP contribution in [0.5, 0.6) is 0 Å². The predicted octanol–water partition coefficient (Wildman–Crippen LogP) is 4.28. The lowest BCUT2D eigenvalue weighted by Gasteiger charge is -2.00. The molecule has 1 aromatic carbocycles. The Bertz CT molecular complexity index is 1450. The van der Waals surface area contributed by atoms with Gasteiger partial charge in [-0.3, -0.25) is 5.10 Å². The number of nitrogens with one attached hydrogen (secondary N) is 1. The molecule has 0 spiro atoms. The van der Waals surface area contributed by atoms with Crippen LogP contribution in [0.4, 0.5) is 17.2 Å². The fourth-order valence-corrected chi connectivity index (χ4v) is 3.18. The first-order chi connectivity index (χ1) is 15.2. The Morgan fingerprint density at radius 2 is 1.74 bits per heavy atom. The Morgan fingerprint density at radius 1 is 0.968 bits per heavy atom. The third-order valence-corrected chi connectivity index (χ3v) is 4.63. The summed E-state index contributed by atoms with van der Waals surface area (Å²) in [7, 11) is 0. The van der Waals surface area contributed by atoms with Gasteiger partial charge in [-0.15, -0.1) is 10.2 Å². The first-order valence-corrected chi connectivity index (χ1v) is 9.32. The van der Waals surface area contributed by atoms with Crippen molar-refractivity contribution in [1.82, 2.24) is 39.6 Å². The van der Waals surface area contributed by atoms with E-state index in [4.69, 9.17) is 6.57 Å². The number of hydrogen-bond acceptors (Lipinski definition) is 7. The average molecular weight is 409 g/mol. The summed E-state index contributed by atoms with van der Waals surface area (Å²) in [6.07, 6.45) is 3.19. The van der Waals surface area contributed by atoms with E-state index in [2.05, 4.69) is 45.4 Å². The minimum absolute atomic E-state index is 0.250. The molecule has 0 bridgehead atoms. The molecule has 0 aliphatic carbocycles. The third-order valence-electron chi connectivity index (χ3n) is 4.63. The molecule has 1 N–H and O–H groups in total. The Kier molecular flexibility index (Phi) is 4.30. The molecule has 31 heavy (non-hydrogen) atoms. The highest BCUT2D eigenvalue weighted by Crippen LogP contribution is 2.35. The van der Waals surface area contributed by atoms with Crippen molar-refractivity contribution in [2.24, 2.45) is 10.2 Å². The molecule has 0 fully saturated rings. The number of hydrogen-bond donors (Lipinski definition) is 1. The van der Waals surface area contributed by atoms with Gasteiger partial charge in [-0.2, -0.15) is 24.5 Å². The van der Waals surface area contributed by atoms with Crippen LogP contribution in [0, 0.1) is 20.4 Å². The topological polar surface area (TPSA) is 119 Å². The van der Waals surface area contributed by atoms with E-state index in [0.717, 1.165) is 5.56 Å². The summed E-state index contributed by atoms with van der Waals surface area (Å²) in [5, 5.41) is 25.0. The molecule has 11 nitrogen and oxygen atoms in total. The van der Waals surface area contributed by atoms with Gasteiger partial charge < -0.3 is 0 Å². The SMILES string of the molecule is [C-]#[N+]c1c(C)nn(-c2ncccn2)c1/N=N/c1c(C)nn2c(-c3ccccc3)n[nH]c12. The summed E-state index contributed by atoms with van der Waals surface area (Å²) in [4.78, 5) is 12.0. The third kappa shape index (κ3) is 3.03. The number of azo groups is 1. The molecule has 4 heterocycles. The maximum atomic E-state index is 7.52. The van der Waals surface area contributed by atoms with Gasteiger partial charge in [-0.25, -0.2) is 14.8 Å². The van der Waals surface area contributed by atoms with E-state index in [0.29, 0.717) is 34.5 Å². The zero-order valence-electron chi connectivity index (χ0n) is 16.6. The minimum Gasteiger partial charge on any atom is -0.257 e. The zero-order valence-corrected chi connectivity index (χ0v) is 16.6. The standard InChI is InChI=1S/C20H15N11/c1-12-15(21-3)18(31(29-12)20-22-10-7-11-23-20)26-24-16-13(2)28-30-17(25-27-19(16)30)14-8-5-4-6-9-14/h4-11,27H,1-2H3/b26-24+. The van der Waals surface area contributed by atoms with Crippen molar-refractivity contribution >= 4 is 22.8 Å². The highest BCUT2D eigenvalue weighted by molar-refractivity contribution is 5.71. The van der Waals surface area contributed by atoms with Gasteiger partial charge in [0.15, 0.2) is 23.0 Å². The number of aromatic amines is 1. The molecule has 0 aliphatic rings. The predicted molar refractivity (Wildman–Crippen MR) is 112 cm³/mol. The Balaban J connectivity index is 1.62. The molecule has 5 rings (SSSR count). The lowest BCUT2D eigenvalue weighted by Crippen LogP contribution is -2.01. The molecule has 0 saturated heterocycles. The second-order valence-electron chi connectivity index (χ2n) is 6.64. The molecule has 150 valence electrons. The van der Waals surface area contributed by atoms with Gasteiger partial charge in [-0.05, 0) is 19.9 Å². The molecule has 5 aromatic rings. The highest BCUT2D eigenvalue weighted by atomic mass is 15.4. The van der Waals surface area contributed by atoms with E-state index >= 15 is 0 Å². The second-order valence-corrected chi connectivity index (χ2v) is 6.64. The van der Waals surface area contributed by atoms with E-state index in [1.165, 1.54) is 4.68 Å². The lowest BCUT2D eigenvalue weighted by atomic mass is 10.2. The fraction of sp³-hybridized carbons (Fsp3) is 0.100. The summed E-state index contributed by atoms with van der Waals surface area (Å²) in [5.41, 5.74) is 3.50. The number of fused-ring (bicyclic) bond motifs is 1. The maximum absolute atomic E-state index is 7.52. The van der Waals surface area contributed by atoms with Crippen LogP contribution in [0.1, 0.15) is 11.4 Å². The summed E-state index contributed by atoms with van der Waals surface area (Å²) in [6, 6.07) is 11.4. The molecular weight excluding hydrogens is 394 g/mol. The van der Waals surface area contributed by atoms with Crippen molar-refractivity contribution in [3.63, 3.8) is 0 Å². The van der Waals surface area contributed by atoms with E-state index < -0.39 is 0 Å². The van der Waals surface area contributed by atoms with Gasteiger partial charge >= 0.3 is 0 Å². The van der Waals surface area contributed by atoms with Crippen LogP contribution in [-0.2, 0) is 0 Å². The van der Waals surface area contributed by atoms with E-state index in [-0.39, 0.29) is 11.5 Å². The Morgan fingerprint density at radius 3 is 2.48 bits per heavy atom. The number of rotatable bonds is 4. The van der Waals surface area contributed by atoms with Gasteiger partial charge in [-0.1, -0.05) is 30.3 Å². The van der Waals surface area contributed by atoms with Gasteiger partial charge in [0.05, 0.1) is 18.0 Å². The molecular formula is C20H15N11. The Labute approximate surface area is 175 Å². The molecule has 0 saturated carbocycles. The average Bonchev–Trinajstić information content (AvgIpc) is 3.44. The van der Waals surface area contributed by atoms with Crippen LogP contribution in [0.15, 0.2) is 59.0 Å². The summed E-state index contributed by atoms with van der Waals surface area (Å²) in [6.45, 7) is 11.1. The smallest absolute Gasteiger partial charge is 0.255 e.